The van der Waals surface area contributed by atoms with Crippen LogP contribution in [0.25, 0.3) is 0 Å². The zero-order valence-electron chi connectivity index (χ0n) is 28.3. The Morgan fingerprint density at radius 2 is 0.981 bits per heavy atom. The first-order valence-corrected chi connectivity index (χ1v) is 15.7. The van der Waals surface area contributed by atoms with Crippen molar-refractivity contribution >= 4 is 35.8 Å². The summed E-state index contributed by atoms with van der Waals surface area (Å²) in [5.74, 6) is -5.19. The van der Waals surface area contributed by atoms with Crippen LogP contribution in [-0.2, 0) is 76.1 Å². The fourth-order valence-electron chi connectivity index (χ4n) is 4.31. The van der Waals surface area contributed by atoms with Gasteiger partial charge in [-0.1, -0.05) is 13.2 Å². The zero-order chi connectivity index (χ0) is 38.2. The molecule has 4 rings (SSSR count). The van der Waals surface area contributed by atoms with Crippen molar-refractivity contribution in [3.8, 4) is 0 Å². The fourth-order valence-corrected chi connectivity index (χ4v) is 4.31. The van der Waals surface area contributed by atoms with E-state index >= 15 is 0 Å². The highest BCUT2D eigenvalue weighted by atomic mass is 16.7. The maximum absolute atomic E-state index is 12.1. The highest BCUT2D eigenvalue weighted by molar-refractivity contribution is 5.92. The summed E-state index contributed by atoms with van der Waals surface area (Å²) in [6.45, 7) is 7.62. The van der Waals surface area contributed by atoms with Crippen LogP contribution in [0.3, 0.4) is 0 Å². The molecule has 2 fully saturated rings. The Bertz CT molecular complexity index is 1350. The largest absolute Gasteiger partial charge is 0.490 e. The minimum absolute atomic E-state index is 0.0886. The number of aliphatic hydroxyl groups is 2. The Balaban J connectivity index is 0.000000787. The molecule has 4 aliphatic rings. The molecule has 284 valence electrons. The number of carbonyl (C=O) groups is 6. The van der Waals surface area contributed by atoms with Crippen LogP contribution in [0.4, 0.5) is 0 Å². The highest BCUT2D eigenvalue weighted by Crippen LogP contribution is 2.30. The summed E-state index contributed by atoms with van der Waals surface area (Å²) in [5.41, 5.74) is 0.276. The van der Waals surface area contributed by atoms with Gasteiger partial charge in [-0.2, -0.15) is 0 Å². The van der Waals surface area contributed by atoms with Crippen molar-refractivity contribution in [3.05, 3.63) is 73.3 Å². The molecule has 0 aromatic rings. The highest BCUT2D eigenvalue weighted by Gasteiger charge is 2.51. The third-order valence-corrected chi connectivity index (χ3v) is 6.89. The van der Waals surface area contributed by atoms with Crippen molar-refractivity contribution in [1.82, 2.24) is 0 Å². The number of hydrogen-bond donors (Lipinski definition) is 2. The Hall–Kier alpha value is -5.30. The number of aliphatic hydroxyl groups excluding tert-OH is 2. The summed E-state index contributed by atoms with van der Waals surface area (Å²) in [6, 6.07) is 0. The molecule has 18 nitrogen and oxygen atoms in total. The van der Waals surface area contributed by atoms with E-state index in [2.05, 4.69) is 13.2 Å². The molecule has 0 aliphatic carbocycles. The lowest BCUT2D eigenvalue weighted by molar-refractivity contribution is -0.151. The summed E-state index contributed by atoms with van der Waals surface area (Å²) in [6.07, 6.45) is 4.77. The first kappa shape index (κ1) is 41.1. The lowest BCUT2D eigenvalue weighted by Crippen LogP contribution is -2.35. The second kappa shape index (κ2) is 20.5. The summed E-state index contributed by atoms with van der Waals surface area (Å²) < 4.78 is 50.7. The smallest absolute Gasteiger partial charge is 0.333 e. The van der Waals surface area contributed by atoms with E-state index in [0.717, 1.165) is 24.3 Å². The third-order valence-electron chi connectivity index (χ3n) is 6.89. The van der Waals surface area contributed by atoms with E-state index in [0.29, 0.717) is 0 Å². The Morgan fingerprint density at radius 3 is 1.35 bits per heavy atom. The van der Waals surface area contributed by atoms with Crippen LogP contribution in [0.5, 0.6) is 0 Å². The van der Waals surface area contributed by atoms with Gasteiger partial charge in [0.2, 0.25) is 0 Å². The molecule has 52 heavy (non-hydrogen) atoms. The molecular weight excluding hydrogens is 696 g/mol. The van der Waals surface area contributed by atoms with Gasteiger partial charge < -0.3 is 57.6 Å². The first-order valence-electron chi connectivity index (χ1n) is 15.7. The van der Waals surface area contributed by atoms with Crippen LogP contribution in [0.2, 0.25) is 0 Å². The molecule has 8 atom stereocenters. The number of hydrogen-bond acceptors (Lipinski definition) is 18. The van der Waals surface area contributed by atoms with Crippen molar-refractivity contribution in [3.63, 3.8) is 0 Å². The normalized spacial score (nSPS) is 24.6. The molecule has 8 unspecified atom stereocenters. The maximum Gasteiger partial charge on any atom is 0.333 e. The van der Waals surface area contributed by atoms with E-state index in [1.54, 1.807) is 12.5 Å². The lowest BCUT2D eigenvalue weighted by atomic mass is 10.1. The lowest BCUT2D eigenvalue weighted by Gasteiger charge is -2.16. The Labute approximate surface area is 297 Å². The molecular formula is C34H40O18. The second-order valence-electron chi connectivity index (χ2n) is 11.4. The third kappa shape index (κ3) is 13.8. The van der Waals surface area contributed by atoms with E-state index < -0.39 is 98.9 Å². The molecule has 0 aromatic carbocycles. The van der Waals surface area contributed by atoms with E-state index in [-0.39, 0.29) is 36.6 Å². The molecule has 2 N–H and O–H groups in total. The molecule has 0 bridgehead atoms. The van der Waals surface area contributed by atoms with Gasteiger partial charge in [0.15, 0.2) is 24.4 Å². The monoisotopic (exact) mass is 736 g/mol. The fraction of sp³-hybridized carbons (Fsp3) is 0.471. The van der Waals surface area contributed by atoms with Gasteiger partial charge in [-0.3, -0.25) is 0 Å². The molecule has 4 heterocycles. The van der Waals surface area contributed by atoms with Gasteiger partial charge >= 0.3 is 35.8 Å². The average molecular weight is 737 g/mol. The van der Waals surface area contributed by atoms with Crippen molar-refractivity contribution in [2.75, 3.05) is 39.6 Å². The van der Waals surface area contributed by atoms with Gasteiger partial charge in [0.05, 0.1) is 25.7 Å². The maximum atomic E-state index is 12.1. The van der Waals surface area contributed by atoms with Crippen LogP contribution in [0.1, 0.15) is 13.8 Å². The van der Waals surface area contributed by atoms with Crippen LogP contribution >= 0.6 is 0 Å². The van der Waals surface area contributed by atoms with Crippen molar-refractivity contribution in [1.29, 1.82) is 0 Å². The molecule has 0 amide bonds. The SMILES string of the molecule is C1=CC2OC=CC2O1.C=C(C)C(=O)OCC(O)COC(=O)/C=C\C(=O)OC1COC2C(OC(=O)/C=C\C(=O)OCC(O)COC(=O)C(=C)C)COC12. The summed E-state index contributed by atoms with van der Waals surface area (Å²) in [5, 5.41) is 19.4. The van der Waals surface area contributed by atoms with Crippen molar-refractivity contribution in [2.45, 2.75) is 62.7 Å². The zero-order valence-corrected chi connectivity index (χ0v) is 28.3. The van der Waals surface area contributed by atoms with Crippen LogP contribution in [-0.4, -0.2) is 135 Å². The standard InChI is InChI=1S/C28H34O16.C6H6O2/c1-15(2)27(35)41-11-17(29)9-37-21(31)5-7-23(33)43-19-13-39-26-20(14-40-25(19)26)44-24(34)8-6-22(32)38-10-18(30)12-42-28(36)16(3)4;1-3-7-6-2-4-8-5(1)6/h5-8,17-20,25-26,29-30H,1,3,9-14H2,2,4H3;1-6H/b7-5-,8-6-;. The molecule has 0 aromatic heterocycles. The van der Waals surface area contributed by atoms with Crippen LogP contribution < -0.4 is 0 Å². The van der Waals surface area contributed by atoms with Gasteiger partial charge in [-0.25, -0.2) is 28.8 Å². The molecule has 0 radical (unpaired) electrons. The molecule has 0 saturated carbocycles. The molecule has 0 spiro atoms. The predicted octanol–water partition coefficient (Wildman–Crippen LogP) is -0.422. The molecule has 2 saturated heterocycles. The van der Waals surface area contributed by atoms with Gasteiger partial charge in [0.1, 0.15) is 50.8 Å². The number of ether oxygens (including phenoxy) is 10. The van der Waals surface area contributed by atoms with E-state index in [1.165, 1.54) is 13.8 Å². The Morgan fingerprint density at radius 1 is 0.635 bits per heavy atom. The van der Waals surface area contributed by atoms with E-state index in [1.807, 2.05) is 12.2 Å². The van der Waals surface area contributed by atoms with Gasteiger partial charge in [-0.05, 0) is 26.0 Å². The quantitative estimate of drug-likeness (QED) is 0.116. The topological polar surface area (TPSA) is 235 Å². The Kier molecular flexibility index (Phi) is 16.2. The summed E-state index contributed by atoms with van der Waals surface area (Å²) >= 11 is 0. The minimum Gasteiger partial charge on any atom is -0.490 e. The van der Waals surface area contributed by atoms with E-state index in [9.17, 15) is 39.0 Å². The average Bonchev–Trinajstić information content (AvgIpc) is 3.91. The molecule has 4 aliphatic heterocycles. The number of esters is 6. The van der Waals surface area contributed by atoms with Gasteiger partial charge in [-0.15, -0.1) is 0 Å². The second-order valence-corrected chi connectivity index (χ2v) is 11.4. The van der Waals surface area contributed by atoms with Gasteiger partial charge in [0, 0.05) is 35.5 Å². The summed E-state index contributed by atoms with van der Waals surface area (Å²) in [4.78, 5) is 70.4. The van der Waals surface area contributed by atoms with Crippen molar-refractivity contribution < 1.29 is 86.3 Å². The van der Waals surface area contributed by atoms with Crippen LogP contribution in [0, 0.1) is 0 Å². The first-order chi connectivity index (χ1) is 24.7. The number of rotatable bonds is 16. The predicted molar refractivity (Wildman–Crippen MR) is 171 cm³/mol. The number of carbonyl (C=O) groups excluding carboxylic acids is 6. The number of fused-ring (bicyclic) bond motifs is 2. The van der Waals surface area contributed by atoms with Crippen molar-refractivity contribution in [2.24, 2.45) is 0 Å². The summed E-state index contributed by atoms with van der Waals surface area (Å²) in [7, 11) is 0. The van der Waals surface area contributed by atoms with Crippen LogP contribution in [0.15, 0.2) is 73.3 Å². The van der Waals surface area contributed by atoms with Gasteiger partial charge in [0.25, 0.3) is 0 Å². The molecule has 18 heteroatoms. The minimum atomic E-state index is -1.29. The van der Waals surface area contributed by atoms with E-state index in [4.69, 9.17) is 47.4 Å².